The Hall–Kier alpha value is -1.56. The third kappa shape index (κ3) is 2.12. The lowest BCUT2D eigenvalue weighted by molar-refractivity contribution is -0.860. The molecule has 5 nitrogen and oxygen atoms in total. The fraction of sp³-hybridized carbons (Fsp3) is 0.500. The van der Waals surface area contributed by atoms with Crippen molar-refractivity contribution in [3.05, 3.63) is 29.3 Å². The number of phenols is 1. The maximum atomic E-state index is 10.2. The molecule has 2 heterocycles. The molecule has 0 radical (unpaired) electrons. The Morgan fingerprint density at radius 2 is 2.10 bits per heavy atom. The summed E-state index contributed by atoms with van der Waals surface area (Å²) in [6.45, 7) is 3.50. The lowest BCUT2D eigenvalue weighted by atomic mass is 9.93. The lowest BCUT2D eigenvalue weighted by Gasteiger charge is -2.30. The molecule has 0 spiro atoms. The number of para-hydroxylation sites is 1. The number of likely N-dealkylation sites (N-methyl/N-ethyl adjacent to an activating group) is 1. The van der Waals surface area contributed by atoms with E-state index in [1.165, 1.54) is 0 Å². The lowest BCUT2D eigenvalue weighted by Crippen LogP contribution is -3.09. The number of fused-ring (bicyclic) bond motifs is 2. The van der Waals surface area contributed by atoms with E-state index in [1.54, 1.807) is 27.0 Å². The van der Waals surface area contributed by atoms with Crippen LogP contribution in [0.1, 0.15) is 25.8 Å². The Kier molecular flexibility index (Phi) is 3.24. The van der Waals surface area contributed by atoms with Crippen LogP contribution in [0.2, 0.25) is 0 Å². The Balaban J connectivity index is 2.12. The summed E-state index contributed by atoms with van der Waals surface area (Å²) in [4.78, 5) is 0.964. The first-order valence-electron chi connectivity index (χ1n) is 7.15. The second kappa shape index (κ2) is 4.73. The highest BCUT2D eigenvalue weighted by atomic mass is 16.5. The molecule has 0 amide bonds. The standard InChI is InChI=1S/C16H21NO4/c1-16(2,19)12-8-10-14(20-4)9-6-5-7-11(18)13(9)17(3)15(10)21-12/h5-7,12,15,18-19H,8H2,1-4H3/p+1/t12-,15?/m1/s1. The topological polar surface area (TPSA) is 63.4 Å². The van der Waals surface area contributed by atoms with Crippen LogP contribution in [0.5, 0.6) is 5.75 Å². The number of hydrogen-bond acceptors (Lipinski definition) is 4. The van der Waals surface area contributed by atoms with Gasteiger partial charge in [0.1, 0.15) is 5.76 Å². The van der Waals surface area contributed by atoms with Crippen LogP contribution in [0.3, 0.4) is 0 Å². The molecular weight excluding hydrogens is 270 g/mol. The Bertz CT molecular complexity index is 603. The van der Waals surface area contributed by atoms with Gasteiger partial charge >= 0.3 is 0 Å². The van der Waals surface area contributed by atoms with Gasteiger partial charge in [0.05, 0.1) is 37.0 Å². The molecule has 21 heavy (non-hydrogen) atoms. The third-order valence-corrected chi connectivity index (χ3v) is 4.38. The Morgan fingerprint density at radius 1 is 1.38 bits per heavy atom. The number of methoxy groups -OCH3 is 1. The SMILES string of the molecule is COC1=C2C[C@H](C(C)(C)O)OC2[NH+](C)c2c(O)cccc21. The Labute approximate surface area is 124 Å². The fourth-order valence-electron chi connectivity index (χ4n) is 3.28. The van der Waals surface area contributed by atoms with E-state index in [4.69, 9.17) is 9.47 Å². The number of aromatic hydroxyl groups is 1. The van der Waals surface area contributed by atoms with E-state index in [2.05, 4.69) is 0 Å². The van der Waals surface area contributed by atoms with E-state index < -0.39 is 5.60 Å². The molecule has 2 aliphatic rings. The van der Waals surface area contributed by atoms with Crippen molar-refractivity contribution in [2.24, 2.45) is 0 Å². The molecular formula is C16H22NO4+. The number of hydrogen-bond donors (Lipinski definition) is 3. The molecule has 3 N–H and O–H groups in total. The van der Waals surface area contributed by atoms with Gasteiger partial charge in [0, 0.05) is 6.42 Å². The zero-order valence-electron chi connectivity index (χ0n) is 12.8. The second-order valence-electron chi connectivity index (χ2n) is 6.30. The molecule has 5 heteroatoms. The predicted octanol–water partition coefficient (Wildman–Crippen LogP) is 0.795. The number of nitrogens with one attached hydrogen (secondary N) is 1. The van der Waals surface area contributed by atoms with E-state index in [9.17, 15) is 10.2 Å². The normalized spacial score (nSPS) is 28.3. The van der Waals surface area contributed by atoms with Crippen LogP contribution in [-0.2, 0) is 9.47 Å². The molecule has 1 saturated heterocycles. The first-order valence-corrected chi connectivity index (χ1v) is 7.15. The van der Waals surface area contributed by atoms with Gasteiger partial charge in [-0.2, -0.15) is 0 Å². The van der Waals surface area contributed by atoms with Crippen LogP contribution in [0, 0.1) is 0 Å². The van der Waals surface area contributed by atoms with Gasteiger partial charge < -0.3 is 19.7 Å². The minimum Gasteiger partial charge on any atom is -0.503 e. The summed E-state index contributed by atoms with van der Waals surface area (Å²) in [6.07, 6.45) is 0.107. The largest absolute Gasteiger partial charge is 0.503 e. The van der Waals surface area contributed by atoms with E-state index in [0.29, 0.717) is 6.42 Å². The summed E-state index contributed by atoms with van der Waals surface area (Å²) in [7, 11) is 3.59. The quantitative estimate of drug-likeness (QED) is 0.706. The van der Waals surface area contributed by atoms with E-state index >= 15 is 0 Å². The monoisotopic (exact) mass is 292 g/mol. The van der Waals surface area contributed by atoms with Crippen LogP contribution >= 0.6 is 0 Å². The van der Waals surface area contributed by atoms with Crippen molar-refractivity contribution in [3.8, 4) is 5.75 Å². The minimum absolute atomic E-state index is 0.230. The number of ether oxygens (including phenoxy) is 2. The molecule has 114 valence electrons. The molecule has 3 atom stereocenters. The average molecular weight is 292 g/mol. The molecule has 2 aliphatic heterocycles. The van der Waals surface area contributed by atoms with Crippen molar-refractivity contribution in [1.29, 1.82) is 0 Å². The zero-order valence-corrected chi connectivity index (χ0v) is 12.8. The molecule has 2 unspecified atom stereocenters. The van der Waals surface area contributed by atoms with Gasteiger partial charge in [-0.05, 0) is 26.0 Å². The number of quaternary nitrogens is 1. The minimum atomic E-state index is -0.919. The molecule has 0 saturated carbocycles. The van der Waals surface area contributed by atoms with E-state index in [-0.39, 0.29) is 18.1 Å². The molecule has 0 aromatic heterocycles. The van der Waals surface area contributed by atoms with Crippen molar-refractivity contribution in [2.75, 3.05) is 14.2 Å². The van der Waals surface area contributed by atoms with Crippen molar-refractivity contribution >= 4 is 11.4 Å². The van der Waals surface area contributed by atoms with Crippen molar-refractivity contribution < 1.29 is 24.6 Å². The fourth-order valence-corrected chi connectivity index (χ4v) is 3.28. The van der Waals surface area contributed by atoms with E-state index in [0.717, 1.165) is 27.5 Å². The molecule has 1 fully saturated rings. The van der Waals surface area contributed by atoms with Crippen LogP contribution < -0.4 is 4.90 Å². The number of rotatable bonds is 2. The second-order valence-corrected chi connectivity index (χ2v) is 6.30. The third-order valence-electron chi connectivity index (χ3n) is 4.38. The van der Waals surface area contributed by atoms with Crippen molar-refractivity contribution in [2.45, 2.75) is 38.2 Å². The molecule has 3 rings (SSSR count). The summed E-state index contributed by atoms with van der Waals surface area (Å²) in [5, 5.41) is 20.4. The summed E-state index contributed by atoms with van der Waals surface area (Å²) < 4.78 is 11.6. The maximum Gasteiger partial charge on any atom is 0.223 e. The van der Waals surface area contributed by atoms with Gasteiger partial charge in [-0.15, -0.1) is 0 Å². The van der Waals surface area contributed by atoms with Gasteiger partial charge in [0.15, 0.2) is 11.4 Å². The van der Waals surface area contributed by atoms with Gasteiger partial charge in [0.2, 0.25) is 6.23 Å². The molecule has 0 bridgehead atoms. The van der Waals surface area contributed by atoms with Gasteiger partial charge in [-0.3, -0.25) is 4.90 Å². The van der Waals surface area contributed by atoms with Crippen LogP contribution in [-0.4, -0.2) is 42.3 Å². The highest BCUT2D eigenvalue weighted by Crippen LogP contribution is 2.41. The highest BCUT2D eigenvalue weighted by Gasteiger charge is 2.48. The summed E-state index contributed by atoms with van der Waals surface area (Å²) in [5.74, 6) is 0.983. The van der Waals surface area contributed by atoms with Crippen LogP contribution in [0.15, 0.2) is 23.8 Å². The van der Waals surface area contributed by atoms with Crippen LogP contribution in [0.4, 0.5) is 5.69 Å². The highest BCUT2D eigenvalue weighted by molar-refractivity contribution is 5.76. The summed E-state index contributed by atoms with van der Waals surface area (Å²) >= 11 is 0. The number of aliphatic hydroxyl groups is 1. The first-order chi connectivity index (χ1) is 9.84. The molecule has 1 aromatic rings. The molecule has 0 aliphatic carbocycles. The van der Waals surface area contributed by atoms with E-state index in [1.807, 2.05) is 19.2 Å². The Morgan fingerprint density at radius 3 is 2.71 bits per heavy atom. The van der Waals surface area contributed by atoms with Crippen molar-refractivity contribution in [1.82, 2.24) is 0 Å². The van der Waals surface area contributed by atoms with Gasteiger partial charge in [0.25, 0.3) is 0 Å². The van der Waals surface area contributed by atoms with Gasteiger partial charge in [-0.25, -0.2) is 0 Å². The summed E-state index contributed by atoms with van der Waals surface area (Å²) in [5.41, 5.74) is 1.79. The zero-order chi connectivity index (χ0) is 15.4. The first kappa shape index (κ1) is 14.4. The van der Waals surface area contributed by atoms with Crippen molar-refractivity contribution in [3.63, 3.8) is 0 Å². The number of phenolic OH excluding ortho intramolecular Hbond substituents is 1. The average Bonchev–Trinajstić information content (AvgIpc) is 2.84. The molecule has 1 aromatic carbocycles. The number of benzene rings is 1. The smallest absolute Gasteiger partial charge is 0.223 e. The maximum absolute atomic E-state index is 10.2. The van der Waals surface area contributed by atoms with Gasteiger partial charge in [-0.1, -0.05) is 6.07 Å². The predicted molar refractivity (Wildman–Crippen MR) is 78.2 cm³/mol. The summed E-state index contributed by atoms with van der Waals surface area (Å²) in [6, 6.07) is 5.42. The van der Waals surface area contributed by atoms with Crippen LogP contribution in [0.25, 0.3) is 5.76 Å².